The number of nitrogens with one attached hydrogen (secondary N) is 2. The zero-order valence-electron chi connectivity index (χ0n) is 9.97. The number of aryl methyl sites for hydroxylation is 1. The van der Waals surface area contributed by atoms with Gasteiger partial charge in [0.15, 0.2) is 0 Å². The predicted octanol–water partition coefficient (Wildman–Crippen LogP) is 3.05. The predicted molar refractivity (Wildman–Crippen MR) is 71.0 cm³/mol. The molecule has 2 aromatic carbocycles. The Labute approximate surface area is 105 Å². The molecule has 1 amide bonds. The van der Waals surface area contributed by atoms with Crippen molar-refractivity contribution in [1.29, 1.82) is 0 Å². The molecule has 18 heavy (non-hydrogen) atoms. The average molecular weight is 242 g/mol. The molecule has 3 N–H and O–H groups in total. The van der Waals surface area contributed by atoms with Crippen LogP contribution in [-0.2, 0) is 0 Å². The van der Waals surface area contributed by atoms with Gasteiger partial charge in [0.25, 0.3) is 5.91 Å². The van der Waals surface area contributed by atoms with E-state index in [1.807, 2.05) is 36.7 Å². The lowest BCUT2D eigenvalue weighted by molar-refractivity contribution is 0.102. The van der Waals surface area contributed by atoms with Crippen LogP contribution in [-0.4, -0.2) is 11.1 Å². The maximum atomic E-state index is 12.0. The van der Waals surface area contributed by atoms with Gasteiger partial charge in [-0.2, -0.15) is 0 Å². The third-order valence-corrected chi connectivity index (χ3v) is 2.53. The van der Waals surface area contributed by atoms with Crippen molar-refractivity contribution >= 4 is 17.3 Å². The summed E-state index contributed by atoms with van der Waals surface area (Å²) >= 11 is 0. The quantitative estimate of drug-likeness (QED) is 0.725. The first-order chi connectivity index (χ1) is 8.69. The van der Waals surface area contributed by atoms with Crippen LogP contribution in [0.3, 0.4) is 0 Å². The van der Waals surface area contributed by atoms with Gasteiger partial charge in [0.05, 0.1) is 5.69 Å². The van der Waals surface area contributed by atoms with Crippen LogP contribution in [0.4, 0.5) is 11.4 Å². The van der Waals surface area contributed by atoms with Crippen molar-refractivity contribution in [3.8, 4) is 0 Å². The molecule has 4 nitrogen and oxygen atoms in total. The molecule has 0 aliphatic rings. The molecular weight excluding hydrogens is 228 g/mol. The number of benzene rings is 2. The van der Waals surface area contributed by atoms with E-state index in [9.17, 15) is 4.79 Å². The molecule has 0 bridgehead atoms. The van der Waals surface area contributed by atoms with Gasteiger partial charge < -0.3 is 5.32 Å². The van der Waals surface area contributed by atoms with Crippen molar-refractivity contribution < 1.29 is 10.0 Å². The second kappa shape index (κ2) is 5.33. The van der Waals surface area contributed by atoms with Crippen LogP contribution in [0.25, 0.3) is 0 Å². The Morgan fingerprint density at radius 2 is 1.78 bits per heavy atom. The first kappa shape index (κ1) is 12.1. The second-order valence-electron chi connectivity index (χ2n) is 4.02. The summed E-state index contributed by atoms with van der Waals surface area (Å²) in [5.41, 5.74) is 4.81. The summed E-state index contributed by atoms with van der Waals surface area (Å²) < 4.78 is 0. The van der Waals surface area contributed by atoms with Gasteiger partial charge in [-0.15, -0.1) is 0 Å². The molecule has 0 aliphatic carbocycles. The van der Waals surface area contributed by atoms with Crippen molar-refractivity contribution in [2.24, 2.45) is 0 Å². The Balaban J connectivity index is 2.16. The molecule has 2 rings (SSSR count). The van der Waals surface area contributed by atoms with Crippen LogP contribution in [0.15, 0.2) is 48.5 Å². The lowest BCUT2D eigenvalue weighted by Crippen LogP contribution is -2.12. The molecule has 0 spiro atoms. The van der Waals surface area contributed by atoms with Gasteiger partial charge >= 0.3 is 0 Å². The molecule has 0 radical (unpaired) electrons. The Bertz CT molecular complexity index is 567. The van der Waals surface area contributed by atoms with Gasteiger partial charge in [-0.05, 0) is 42.8 Å². The minimum atomic E-state index is -0.210. The Morgan fingerprint density at radius 1 is 1.06 bits per heavy atom. The Kier molecular flexibility index (Phi) is 3.60. The normalized spacial score (nSPS) is 9.89. The zero-order chi connectivity index (χ0) is 13.0. The molecule has 4 heteroatoms. The van der Waals surface area contributed by atoms with Gasteiger partial charge in [0.1, 0.15) is 0 Å². The van der Waals surface area contributed by atoms with Crippen molar-refractivity contribution in [2.45, 2.75) is 6.92 Å². The summed E-state index contributed by atoms with van der Waals surface area (Å²) in [4.78, 5) is 12.0. The molecule has 2 aromatic rings. The summed E-state index contributed by atoms with van der Waals surface area (Å²) in [5.74, 6) is -0.210. The fourth-order valence-electron chi connectivity index (χ4n) is 1.66. The Hall–Kier alpha value is -2.33. The van der Waals surface area contributed by atoms with Crippen molar-refractivity contribution in [3.05, 3.63) is 59.7 Å². The molecule has 0 atom stereocenters. The number of carbonyl (C=O) groups is 1. The lowest BCUT2D eigenvalue weighted by Gasteiger charge is -2.07. The molecular formula is C14H14N2O2. The molecule has 0 fully saturated rings. The van der Waals surface area contributed by atoms with Gasteiger partial charge in [0, 0.05) is 11.3 Å². The van der Waals surface area contributed by atoms with Crippen molar-refractivity contribution in [2.75, 3.05) is 10.8 Å². The van der Waals surface area contributed by atoms with E-state index in [4.69, 9.17) is 5.21 Å². The van der Waals surface area contributed by atoms with Crippen molar-refractivity contribution in [1.82, 2.24) is 0 Å². The minimum Gasteiger partial charge on any atom is -0.322 e. The molecule has 0 saturated carbocycles. The van der Waals surface area contributed by atoms with Crippen LogP contribution < -0.4 is 10.8 Å². The molecule has 0 heterocycles. The summed E-state index contributed by atoms with van der Waals surface area (Å²) in [6, 6.07) is 14.2. The van der Waals surface area contributed by atoms with E-state index in [2.05, 4.69) is 5.32 Å². The smallest absolute Gasteiger partial charge is 0.255 e. The molecule has 0 saturated heterocycles. The van der Waals surface area contributed by atoms with Gasteiger partial charge in [-0.1, -0.05) is 18.2 Å². The number of hydrogen-bond acceptors (Lipinski definition) is 3. The topological polar surface area (TPSA) is 61.4 Å². The van der Waals surface area contributed by atoms with Crippen molar-refractivity contribution in [3.63, 3.8) is 0 Å². The number of hydrogen-bond donors (Lipinski definition) is 3. The highest BCUT2D eigenvalue weighted by Crippen LogP contribution is 2.14. The largest absolute Gasteiger partial charge is 0.322 e. The minimum absolute atomic E-state index is 0.210. The first-order valence-corrected chi connectivity index (χ1v) is 5.57. The van der Waals surface area contributed by atoms with E-state index in [0.29, 0.717) is 11.3 Å². The number of anilines is 2. The SMILES string of the molecule is Cc1cccc(NC(=O)c2cccc(NO)c2)c1. The van der Waals surface area contributed by atoms with E-state index in [1.165, 1.54) is 0 Å². The highest BCUT2D eigenvalue weighted by molar-refractivity contribution is 6.04. The number of carbonyl (C=O) groups excluding carboxylic acids is 1. The lowest BCUT2D eigenvalue weighted by atomic mass is 10.1. The fourth-order valence-corrected chi connectivity index (χ4v) is 1.66. The average Bonchev–Trinajstić information content (AvgIpc) is 2.39. The third-order valence-electron chi connectivity index (χ3n) is 2.53. The van der Waals surface area contributed by atoms with Gasteiger partial charge in [0.2, 0.25) is 0 Å². The standard InChI is InChI=1S/C14H14N2O2/c1-10-4-2-6-12(8-10)15-14(17)11-5-3-7-13(9-11)16-18/h2-9,16,18H,1H3,(H,15,17). The highest BCUT2D eigenvalue weighted by atomic mass is 16.5. The molecule has 0 aliphatic heterocycles. The number of rotatable bonds is 3. The van der Waals surface area contributed by atoms with Gasteiger partial charge in [-0.3, -0.25) is 15.5 Å². The fraction of sp³-hybridized carbons (Fsp3) is 0.0714. The highest BCUT2D eigenvalue weighted by Gasteiger charge is 2.06. The molecule has 0 unspecified atom stereocenters. The van der Waals surface area contributed by atoms with E-state index >= 15 is 0 Å². The van der Waals surface area contributed by atoms with E-state index in [1.54, 1.807) is 24.3 Å². The first-order valence-electron chi connectivity index (χ1n) is 5.57. The summed E-state index contributed by atoms with van der Waals surface area (Å²) in [6.07, 6.45) is 0. The third kappa shape index (κ3) is 2.87. The summed E-state index contributed by atoms with van der Waals surface area (Å²) in [7, 11) is 0. The van der Waals surface area contributed by atoms with Crippen LogP contribution in [0.1, 0.15) is 15.9 Å². The molecule has 0 aromatic heterocycles. The van der Waals surface area contributed by atoms with E-state index in [0.717, 1.165) is 11.3 Å². The van der Waals surface area contributed by atoms with Crippen LogP contribution in [0, 0.1) is 6.92 Å². The second-order valence-corrected chi connectivity index (χ2v) is 4.02. The van der Waals surface area contributed by atoms with Crippen LogP contribution >= 0.6 is 0 Å². The number of amides is 1. The zero-order valence-corrected chi connectivity index (χ0v) is 9.97. The summed E-state index contributed by atoms with van der Waals surface area (Å²) in [6.45, 7) is 1.96. The Morgan fingerprint density at radius 3 is 2.50 bits per heavy atom. The summed E-state index contributed by atoms with van der Waals surface area (Å²) in [5, 5.41) is 11.6. The van der Waals surface area contributed by atoms with E-state index in [-0.39, 0.29) is 5.91 Å². The van der Waals surface area contributed by atoms with E-state index < -0.39 is 0 Å². The van der Waals surface area contributed by atoms with Crippen LogP contribution in [0.2, 0.25) is 0 Å². The molecule has 92 valence electrons. The van der Waals surface area contributed by atoms with Gasteiger partial charge in [-0.25, -0.2) is 0 Å². The van der Waals surface area contributed by atoms with Crippen LogP contribution in [0.5, 0.6) is 0 Å². The monoisotopic (exact) mass is 242 g/mol. The maximum Gasteiger partial charge on any atom is 0.255 e. The maximum absolute atomic E-state index is 12.0.